The first-order valence-corrected chi connectivity index (χ1v) is 16.0. The lowest BCUT2D eigenvalue weighted by atomic mass is 9.96. The Bertz CT molecular complexity index is 1490. The van der Waals surface area contributed by atoms with Crippen molar-refractivity contribution in [3.05, 3.63) is 99.6 Å². The monoisotopic (exact) mass is 591 g/mol. The third-order valence-electron chi connectivity index (χ3n) is 8.01. The normalized spacial score (nSPS) is 18.0. The van der Waals surface area contributed by atoms with Crippen molar-refractivity contribution in [2.45, 2.75) is 57.8 Å². The Morgan fingerprint density at radius 2 is 1.64 bits per heavy atom. The molecule has 1 atom stereocenters. The Balaban J connectivity index is 1.21. The van der Waals surface area contributed by atoms with Crippen LogP contribution in [-0.4, -0.2) is 69.1 Å². The summed E-state index contributed by atoms with van der Waals surface area (Å²) in [5, 5.41) is 2.94. The molecular weight excluding hydrogens is 550 g/mol. The van der Waals surface area contributed by atoms with Gasteiger partial charge in [0.2, 0.25) is 15.9 Å². The van der Waals surface area contributed by atoms with Crippen molar-refractivity contribution in [3.63, 3.8) is 0 Å². The average molecular weight is 592 g/mol. The average Bonchev–Trinajstić information content (AvgIpc) is 2.96. The molecule has 1 N–H and O–H groups in total. The van der Waals surface area contributed by atoms with Crippen molar-refractivity contribution in [2.75, 3.05) is 39.5 Å². The van der Waals surface area contributed by atoms with Gasteiger partial charge < -0.3 is 14.8 Å². The largest absolute Gasteiger partial charge is 0.379 e. The number of nitrogens with zero attached hydrogens (tertiary/aromatic N) is 2. The predicted octanol–water partition coefficient (Wildman–Crippen LogP) is 3.89. The molecule has 8 nitrogen and oxygen atoms in total. The summed E-state index contributed by atoms with van der Waals surface area (Å²) < 4.78 is 41.0. The second kappa shape index (κ2) is 13.5. The zero-order valence-corrected chi connectivity index (χ0v) is 25.6. The van der Waals surface area contributed by atoms with Crippen LogP contribution in [0.25, 0.3) is 0 Å². The van der Waals surface area contributed by atoms with Gasteiger partial charge in [-0.3, -0.25) is 9.69 Å². The molecule has 1 amide bonds. The molecule has 2 aliphatic heterocycles. The molecule has 5 rings (SSSR count). The van der Waals surface area contributed by atoms with Gasteiger partial charge in [-0.1, -0.05) is 66.2 Å². The standard InChI is InChI=1S/C33H41N3O5S/c1-24-15-25(2)33(26(3)16-24)42(38,39)36-21-30-10-5-4-9-29(30)18-31(36)22-41-23-32(37)34-19-27-7-6-8-28(17-27)20-35-11-13-40-14-12-35/h4-10,15-17,31H,11-14,18-23H2,1-3H3,(H,34,37). The van der Waals surface area contributed by atoms with Gasteiger partial charge in [0.1, 0.15) is 6.61 Å². The number of hydrogen-bond donors (Lipinski definition) is 1. The maximum atomic E-state index is 14.1. The van der Waals surface area contributed by atoms with Gasteiger partial charge in [-0.2, -0.15) is 4.31 Å². The summed E-state index contributed by atoms with van der Waals surface area (Å²) in [7, 11) is -3.80. The minimum Gasteiger partial charge on any atom is -0.379 e. The van der Waals surface area contributed by atoms with E-state index >= 15 is 0 Å². The van der Waals surface area contributed by atoms with Crippen molar-refractivity contribution < 1.29 is 22.7 Å². The van der Waals surface area contributed by atoms with Crippen molar-refractivity contribution in [1.82, 2.24) is 14.5 Å². The molecule has 3 aromatic rings. The second-order valence-corrected chi connectivity index (χ2v) is 13.2. The fourth-order valence-electron chi connectivity index (χ4n) is 6.07. The number of carbonyl (C=O) groups excluding carboxylic acids is 1. The first kappa shape index (κ1) is 30.4. The van der Waals surface area contributed by atoms with Crippen LogP contribution in [0.1, 0.15) is 38.9 Å². The first-order valence-electron chi connectivity index (χ1n) is 14.6. The lowest BCUT2D eigenvalue weighted by Crippen LogP contribution is -2.47. The number of ether oxygens (including phenoxy) is 2. The molecule has 2 heterocycles. The maximum absolute atomic E-state index is 14.1. The highest BCUT2D eigenvalue weighted by atomic mass is 32.2. The molecule has 0 bridgehead atoms. The smallest absolute Gasteiger partial charge is 0.246 e. The minimum atomic E-state index is -3.80. The van der Waals surface area contributed by atoms with E-state index in [4.69, 9.17) is 9.47 Å². The van der Waals surface area contributed by atoms with E-state index in [0.29, 0.717) is 17.9 Å². The first-order chi connectivity index (χ1) is 20.2. The predicted molar refractivity (Wildman–Crippen MR) is 163 cm³/mol. The van der Waals surface area contributed by atoms with E-state index in [1.807, 2.05) is 69.3 Å². The lowest BCUT2D eigenvalue weighted by molar-refractivity contribution is -0.126. The molecule has 1 saturated heterocycles. The van der Waals surface area contributed by atoms with E-state index in [-0.39, 0.29) is 25.7 Å². The van der Waals surface area contributed by atoms with Gasteiger partial charge in [-0.15, -0.1) is 0 Å². The Morgan fingerprint density at radius 1 is 0.952 bits per heavy atom. The van der Waals surface area contributed by atoms with Crippen molar-refractivity contribution >= 4 is 15.9 Å². The van der Waals surface area contributed by atoms with Crippen LogP contribution in [0.15, 0.2) is 65.6 Å². The van der Waals surface area contributed by atoms with Crippen LogP contribution in [0, 0.1) is 20.8 Å². The summed E-state index contributed by atoms with van der Waals surface area (Å²) in [5.41, 5.74) is 6.84. The van der Waals surface area contributed by atoms with Crippen LogP contribution in [0.4, 0.5) is 0 Å². The molecule has 0 saturated carbocycles. The van der Waals surface area contributed by atoms with E-state index < -0.39 is 16.1 Å². The van der Waals surface area contributed by atoms with Crippen molar-refractivity contribution in [3.8, 4) is 0 Å². The molecule has 224 valence electrons. The Morgan fingerprint density at radius 3 is 2.38 bits per heavy atom. The molecule has 1 unspecified atom stereocenters. The van der Waals surface area contributed by atoms with Gasteiger partial charge in [0.05, 0.1) is 30.8 Å². The second-order valence-electron chi connectivity index (χ2n) is 11.4. The number of aryl methyl sites for hydroxylation is 3. The summed E-state index contributed by atoms with van der Waals surface area (Å²) in [5.74, 6) is -0.232. The van der Waals surface area contributed by atoms with E-state index in [1.54, 1.807) is 4.31 Å². The lowest BCUT2D eigenvalue weighted by Gasteiger charge is -2.36. The molecule has 2 aliphatic rings. The number of amides is 1. The molecular formula is C33H41N3O5S. The number of nitrogens with one attached hydrogen (secondary N) is 1. The number of benzene rings is 3. The minimum absolute atomic E-state index is 0.125. The van der Waals surface area contributed by atoms with Gasteiger partial charge in [-0.25, -0.2) is 8.42 Å². The van der Waals surface area contributed by atoms with Crippen molar-refractivity contribution in [1.29, 1.82) is 0 Å². The summed E-state index contributed by atoms with van der Waals surface area (Å²) in [6, 6.07) is 19.6. The van der Waals surface area contributed by atoms with Gasteiger partial charge in [-0.05, 0) is 60.6 Å². The molecule has 3 aromatic carbocycles. The highest BCUT2D eigenvalue weighted by molar-refractivity contribution is 7.89. The van der Waals surface area contributed by atoms with Crippen LogP contribution in [0.2, 0.25) is 0 Å². The van der Waals surface area contributed by atoms with Crippen LogP contribution < -0.4 is 5.32 Å². The summed E-state index contributed by atoms with van der Waals surface area (Å²) in [6.45, 7) is 10.6. The molecule has 0 spiro atoms. The van der Waals surface area contributed by atoms with Crippen LogP contribution in [0.3, 0.4) is 0 Å². The van der Waals surface area contributed by atoms with Gasteiger partial charge >= 0.3 is 0 Å². The van der Waals surface area contributed by atoms with Gasteiger partial charge in [0.15, 0.2) is 0 Å². The van der Waals surface area contributed by atoms with Crippen LogP contribution in [0.5, 0.6) is 0 Å². The molecule has 0 aromatic heterocycles. The number of rotatable bonds is 10. The van der Waals surface area contributed by atoms with Crippen LogP contribution in [-0.2, 0) is 50.3 Å². The van der Waals surface area contributed by atoms with E-state index in [2.05, 4.69) is 22.3 Å². The van der Waals surface area contributed by atoms with Gasteiger partial charge in [0, 0.05) is 32.7 Å². The quantitative estimate of drug-likeness (QED) is 0.385. The van der Waals surface area contributed by atoms with E-state index in [0.717, 1.165) is 66.2 Å². The fraction of sp³-hybridized carbons (Fsp3) is 0.424. The van der Waals surface area contributed by atoms with Crippen LogP contribution >= 0.6 is 0 Å². The number of morpholine rings is 1. The number of hydrogen-bond acceptors (Lipinski definition) is 6. The Labute approximate surface area is 249 Å². The molecule has 0 aliphatic carbocycles. The maximum Gasteiger partial charge on any atom is 0.246 e. The summed E-state index contributed by atoms with van der Waals surface area (Å²) >= 11 is 0. The third-order valence-corrected chi connectivity index (χ3v) is 10.2. The zero-order valence-electron chi connectivity index (χ0n) is 24.8. The number of sulfonamides is 1. The Kier molecular flexibility index (Phi) is 9.75. The van der Waals surface area contributed by atoms with Gasteiger partial charge in [0.25, 0.3) is 0 Å². The molecule has 42 heavy (non-hydrogen) atoms. The number of carbonyl (C=O) groups is 1. The number of fused-ring (bicyclic) bond motifs is 1. The highest BCUT2D eigenvalue weighted by Crippen LogP contribution is 2.32. The highest BCUT2D eigenvalue weighted by Gasteiger charge is 2.37. The topological polar surface area (TPSA) is 88.2 Å². The van der Waals surface area contributed by atoms with E-state index in [1.165, 1.54) is 5.56 Å². The molecule has 0 radical (unpaired) electrons. The van der Waals surface area contributed by atoms with Crippen molar-refractivity contribution in [2.24, 2.45) is 0 Å². The molecule has 9 heteroatoms. The Hall–Kier alpha value is -3.08. The zero-order chi connectivity index (χ0) is 29.7. The summed E-state index contributed by atoms with van der Waals surface area (Å²) in [4.78, 5) is 15.4. The fourth-order valence-corrected chi connectivity index (χ4v) is 8.08. The molecule has 1 fully saturated rings. The SMILES string of the molecule is Cc1cc(C)c(S(=O)(=O)N2Cc3ccccc3CC2COCC(=O)NCc2cccc(CN3CCOCC3)c2)c(C)c1. The third kappa shape index (κ3) is 7.27. The van der Waals surface area contributed by atoms with E-state index in [9.17, 15) is 13.2 Å². The summed E-state index contributed by atoms with van der Waals surface area (Å²) in [6.07, 6.45) is 0.525.